The van der Waals surface area contributed by atoms with Gasteiger partial charge in [-0.1, -0.05) is 0 Å². The number of fused-ring (bicyclic) bond motifs is 2. The van der Waals surface area contributed by atoms with Gasteiger partial charge in [0.25, 0.3) is 0 Å². The topological polar surface area (TPSA) is 69.6 Å². The molecule has 0 radical (unpaired) electrons. The first-order chi connectivity index (χ1) is 9.52. The molecule has 2 aliphatic rings. The zero-order valence-corrected chi connectivity index (χ0v) is 12.3. The number of piperidine rings is 1. The average molecular weight is 296 g/mol. The lowest BCUT2D eigenvalue weighted by Crippen LogP contribution is -2.47. The summed E-state index contributed by atoms with van der Waals surface area (Å²) in [7, 11) is -1.65. The van der Waals surface area contributed by atoms with Crippen molar-refractivity contribution in [1.29, 1.82) is 0 Å². The Kier molecular flexibility index (Phi) is 3.48. The molecule has 0 aromatic heterocycles. The normalized spacial score (nSPS) is 30.4. The molecule has 6 heteroatoms. The number of anilines is 1. The number of hydrogen-bond donors (Lipinski definition) is 2. The summed E-state index contributed by atoms with van der Waals surface area (Å²) >= 11 is 0. The van der Waals surface area contributed by atoms with E-state index in [1.165, 1.54) is 0 Å². The van der Waals surface area contributed by atoms with Crippen LogP contribution >= 0.6 is 0 Å². The van der Waals surface area contributed by atoms with E-state index in [1.54, 1.807) is 35.6 Å². The average Bonchev–Trinajstić information content (AvgIpc) is 2.72. The van der Waals surface area contributed by atoms with Gasteiger partial charge in [0.05, 0.1) is 11.0 Å². The molecule has 2 heterocycles. The molecule has 0 aliphatic carbocycles. The van der Waals surface area contributed by atoms with Crippen molar-refractivity contribution >= 4 is 15.7 Å². The van der Waals surface area contributed by atoms with Gasteiger partial charge < -0.3 is 10.4 Å². The summed E-state index contributed by atoms with van der Waals surface area (Å²) in [4.78, 5) is 0.338. The van der Waals surface area contributed by atoms with Crippen molar-refractivity contribution in [3.63, 3.8) is 0 Å². The van der Waals surface area contributed by atoms with Crippen LogP contribution in [0.15, 0.2) is 29.2 Å². The van der Waals surface area contributed by atoms with Crippen LogP contribution in [-0.2, 0) is 10.0 Å². The van der Waals surface area contributed by atoms with E-state index in [1.807, 2.05) is 0 Å². The molecule has 2 unspecified atom stereocenters. The number of sulfonamides is 1. The molecule has 110 valence electrons. The van der Waals surface area contributed by atoms with Gasteiger partial charge in [-0.2, -0.15) is 4.31 Å². The van der Waals surface area contributed by atoms with E-state index in [0.29, 0.717) is 17.7 Å². The highest BCUT2D eigenvalue weighted by molar-refractivity contribution is 7.89. The number of aliphatic hydroxyl groups is 1. The third-order valence-electron chi connectivity index (χ3n) is 4.36. The molecule has 1 aromatic rings. The quantitative estimate of drug-likeness (QED) is 0.885. The van der Waals surface area contributed by atoms with E-state index < -0.39 is 10.0 Å². The third-order valence-corrected chi connectivity index (χ3v) is 6.38. The van der Waals surface area contributed by atoms with Crippen molar-refractivity contribution in [1.82, 2.24) is 4.31 Å². The van der Waals surface area contributed by atoms with E-state index in [9.17, 15) is 13.5 Å². The van der Waals surface area contributed by atoms with Gasteiger partial charge in [-0.3, -0.25) is 0 Å². The number of benzene rings is 1. The summed E-state index contributed by atoms with van der Waals surface area (Å²) in [6, 6.07) is 6.74. The minimum Gasteiger partial charge on any atom is -0.393 e. The van der Waals surface area contributed by atoms with Gasteiger partial charge >= 0.3 is 0 Å². The van der Waals surface area contributed by atoms with E-state index in [0.717, 1.165) is 18.5 Å². The fourth-order valence-electron chi connectivity index (χ4n) is 3.41. The maximum absolute atomic E-state index is 12.8. The van der Waals surface area contributed by atoms with Crippen LogP contribution in [0, 0.1) is 0 Å². The van der Waals surface area contributed by atoms with Crippen LogP contribution in [0.1, 0.15) is 25.7 Å². The van der Waals surface area contributed by atoms with Crippen molar-refractivity contribution in [3.05, 3.63) is 24.3 Å². The Balaban J connectivity index is 1.92. The van der Waals surface area contributed by atoms with Gasteiger partial charge in [0.1, 0.15) is 0 Å². The molecule has 5 nitrogen and oxygen atoms in total. The van der Waals surface area contributed by atoms with Crippen LogP contribution in [0.5, 0.6) is 0 Å². The SMILES string of the molecule is CNc1ccc(S(=O)(=O)N2C3CCC2CC(O)C3)cc1. The molecule has 2 fully saturated rings. The summed E-state index contributed by atoms with van der Waals surface area (Å²) in [5, 5.41) is 12.8. The Hall–Kier alpha value is -1.11. The van der Waals surface area contributed by atoms with Crippen molar-refractivity contribution in [2.24, 2.45) is 0 Å². The molecular weight excluding hydrogens is 276 g/mol. The van der Waals surface area contributed by atoms with Crippen molar-refractivity contribution in [2.75, 3.05) is 12.4 Å². The zero-order valence-electron chi connectivity index (χ0n) is 11.5. The summed E-state index contributed by atoms with van der Waals surface area (Å²) in [6.07, 6.45) is 2.48. The second-order valence-electron chi connectivity index (χ2n) is 5.62. The number of hydrogen-bond acceptors (Lipinski definition) is 4. The van der Waals surface area contributed by atoms with Crippen LogP contribution in [0.25, 0.3) is 0 Å². The fraction of sp³-hybridized carbons (Fsp3) is 0.571. The molecule has 3 rings (SSSR count). The third kappa shape index (κ3) is 2.21. The molecule has 0 amide bonds. The van der Waals surface area contributed by atoms with Gasteiger partial charge in [-0.25, -0.2) is 8.42 Å². The largest absolute Gasteiger partial charge is 0.393 e. The molecule has 1 aromatic carbocycles. The highest BCUT2D eigenvalue weighted by atomic mass is 32.2. The first-order valence-electron chi connectivity index (χ1n) is 7.02. The first-order valence-corrected chi connectivity index (χ1v) is 8.46. The zero-order chi connectivity index (χ0) is 14.3. The molecule has 2 bridgehead atoms. The van der Waals surface area contributed by atoms with Crippen LogP contribution in [0.3, 0.4) is 0 Å². The molecule has 2 aliphatic heterocycles. The molecule has 2 atom stereocenters. The molecule has 0 saturated carbocycles. The smallest absolute Gasteiger partial charge is 0.243 e. The van der Waals surface area contributed by atoms with Crippen LogP contribution in [0.2, 0.25) is 0 Å². The highest BCUT2D eigenvalue weighted by Crippen LogP contribution is 2.39. The lowest BCUT2D eigenvalue weighted by Gasteiger charge is -2.36. The van der Waals surface area contributed by atoms with Gasteiger partial charge in [-0.15, -0.1) is 0 Å². The number of nitrogens with zero attached hydrogens (tertiary/aromatic N) is 1. The predicted molar refractivity (Wildman–Crippen MR) is 77.1 cm³/mol. The van der Waals surface area contributed by atoms with Gasteiger partial charge in [0.2, 0.25) is 10.0 Å². The van der Waals surface area contributed by atoms with Crippen LogP contribution in [-0.4, -0.2) is 43.1 Å². The molecule has 0 spiro atoms. The van der Waals surface area contributed by atoms with E-state index in [2.05, 4.69) is 5.32 Å². The van der Waals surface area contributed by atoms with E-state index >= 15 is 0 Å². The molecular formula is C14H20N2O3S. The predicted octanol–water partition coefficient (Wildman–Crippen LogP) is 1.40. The van der Waals surface area contributed by atoms with Gasteiger partial charge in [0.15, 0.2) is 0 Å². The molecule has 2 saturated heterocycles. The second-order valence-corrected chi connectivity index (χ2v) is 7.46. The maximum atomic E-state index is 12.8. The lowest BCUT2D eigenvalue weighted by molar-refractivity contribution is 0.0769. The summed E-state index contributed by atoms with van der Waals surface area (Å²) in [5.41, 5.74) is 0.890. The summed E-state index contributed by atoms with van der Waals surface area (Å²) in [5.74, 6) is 0. The minimum atomic E-state index is -3.45. The maximum Gasteiger partial charge on any atom is 0.243 e. The highest BCUT2D eigenvalue weighted by Gasteiger charge is 2.46. The van der Waals surface area contributed by atoms with E-state index in [-0.39, 0.29) is 18.2 Å². The Morgan fingerprint density at radius 2 is 1.70 bits per heavy atom. The monoisotopic (exact) mass is 296 g/mol. The first kappa shape index (κ1) is 13.9. The van der Waals surface area contributed by atoms with Crippen LogP contribution < -0.4 is 5.32 Å². The van der Waals surface area contributed by atoms with Crippen molar-refractivity contribution in [2.45, 2.75) is 48.8 Å². The van der Waals surface area contributed by atoms with E-state index in [4.69, 9.17) is 0 Å². The fourth-order valence-corrected chi connectivity index (χ4v) is 5.30. The van der Waals surface area contributed by atoms with Crippen LogP contribution in [0.4, 0.5) is 5.69 Å². The van der Waals surface area contributed by atoms with Crippen molar-refractivity contribution < 1.29 is 13.5 Å². The lowest BCUT2D eigenvalue weighted by atomic mass is 10.0. The standard InChI is InChI=1S/C14H20N2O3S/c1-15-10-2-6-14(7-3-10)20(18,19)16-11-4-5-12(16)9-13(17)8-11/h2-3,6-7,11-13,15,17H,4-5,8-9H2,1H3. The molecule has 20 heavy (non-hydrogen) atoms. The minimum absolute atomic E-state index is 0.0438. The Bertz CT molecular complexity index is 571. The summed E-state index contributed by atoms with van der Waals surface area (Å²) < 4.78 is 27.2. The van der Waals surface area contributed by atoms with Crippen molar-refractivity contribution in [3.8, 4) is 0 Å². The number of nitrogens with one attached hydrogen (secondary N) is 1. The second kappa shape index (κ2) is 5.02. The Labute approximate surface area is 119 Å². The summed E-state index contributed by atoms with van der Waals surface area (Å²) in [6.45, 7) is 0. The Morgan fingerprint density at radius 1 is 1.15 bits per heavy atom. The number of rotatable bonds is 3. The van der Waals surface area contributed by atoms with Gasteiger partial charge in [-0.05, 0) is 49.9 Å². The Morgan fingerprint density at radius 3 is 2.20 bits per heavy atom. The number of aliphatic hydroxyl groups excluding tert-OH is 1. The molecule has 2 N–H and O–H groups in total. The van der Waals surface area contributed by atoms with Gasteiger partial charge in [0, 0.05) is 24.8 Å².